The van der Waals surface area contributed by atoms with Gasteiger partial charge in [-0.3, -0.25) is 0 Å². The minimum atomic E-state index is 0.761. The van der Waals surface area contributed by atoms with E-state index in [1.807, 2.05) is 6.08 Å². The molecular weight excluding hydrogens is 210 g/mol. The normalized spacial score (nSPS) is 29.2. The van der Waals surface area contributed by atoms with Gasteiger partial charge in [0, 0.05) is 12.6 Å². The van der Waals surface area contributed by atoms with E-state index in [2.05, 4.69) is 11.9 Å². The van der Waals surface area contributed by atoms with Crippen molar-refractivity contribution in [3.8, 4) is 0 Å². The Morgan fingerprint density at radius 2 is 2.00 bits per heavy atom. The van der Waals surface area contributed by atoms with Crippen molar-refractivity contribution in [3.05, 3.63) is 12.7 Å². The molecule has 0 aliphatic heterocycles. The van der Waals surface area contributed by atoms with Gasteiger partial charge in [-0.25, -0.2) is 0 Å². The molecule has 0 amide bonds. The molecule has 0 aromatic rings. The lowest BCUT2D eigenvalue weighted by Gasteiger charge is -2.30. The Bertz CT molecular complexity index is 225. The molecule has 2 atom stereocenters. The van der Waals surface area contributed by atoms with Crippen molar-refractivity contribution < 1.29 is 4.74 Å². The Balaban J connectivity index is 1.51. The summed E-state index contributed by atoms with van der Waals surface area (Å²) in [4.78, 5) is 0. The molecule has 0 heterocycles. The van der Waals surface area contributed by atoms with Gasteiger partial charge in [-0.1, -0.05) is 18.9 Å². The highest BCUT2D eigenvalue weighted by atomic mass is 16.5. The number of hydrogen-bond acceptors (Lipinski definition) is 2. The summed E-state index contributed by atoms with van der Waals surface area (Å²) in [6.45, 7) is 6.37. The number of rotatable bonds is 8. The molecule has 2 saturated carbocycles. The van der Waals surface area contributed by atoms with Gasteiger partial charge in [-0.2, -0.15) is 0 Å². The molecule has 2 aliphatic carbocycles. The maximum Gasteiger partial charge on any atom is 0.0591 e. The van der Waals surface area contributed by atoms with Gasteiger partial charge >= 0.3 is 0 Å². The zero-order valence-electron chi connectivity index (χ0n) is 11.0. The lowest BCUT2D eigenvalue weighted by molar-refractivity contribution is 0.134. The highest BCUT2D eigenvalue weighted by molar-refractivity contribution is 4.87. The Morgan fingerprint density at radius 1 is 1.12 bits per heavy atom. The average molecular weight is 237 g/mol. The molecule has 2 nitrogen and oxygen atoms in total. The van der Waals surface area contributed by atoms with Crippen LogP contribution in [-0.2, 0) is 4.74 Å². The summed E-state index contributed by atoms with van der Waals surface area (Å²) in [7, 11) is 0. The molecule has 2 fully saturated rings. The summed E-state index contributed by atoms with van der Waals surface area (Å²) in [5, 5.41) is 3.66. The fourth-order valence-electron chi connectivity index (χ4n) is 3.01. The first-order valence-electron chi connectivity index (χ1n) is 7.32. The van der Waals surface area contributed by atoms with Crippen LogP contribution in [0.3, 0.4) is 0 Å². The SMILES string of the molecule is C=CCCOCCNC1CCCC(C2CC2)C1. The predicted octanol–water partition coefficient (Wildman–Crippen LogP) is 3.14. The van der Waals surface area contributed by atoms with E-state index in [4.69, 9.17) is 4.74 Å². The van der Waals surface area contributed by atoms with Crippen LogP contribution >= 0.6 is 0 Å². The third kappa shape index (κ3) is 4.81. The number of hydrogen-bond donors (Lipinski definition) is 1. The Hall–Kier alpha value is -0.340. The maximum atomic E-state index is 5.52. The minimum absolute atomic E-state index is 0.761. The molecule has 2 unspecified atom stereocenters. The maximum absolute atomic E-state index is 5.52. The Morgan fingerprint density at radius 3 is 2.76 bits per heavy atom. The lowest BCUT2D eigenvalue weighted by Crippen LogP contribution is -2.36. The van der Waals surface area contributed by atoms with Crippen molar-refractivity contribution in [2.24, 2.45) is 11.8 Å². The summed E-state index contributed by atoms with van der Waals surface area (Å²) < 4.78 is 5.52. The molecule has 0 saturated heterocycles. The van der Waals surface area contributed by atoms with Gasteiger partial charge in [-0.05, 0) is 43.9 Å². The quantitative estimate of drug-likeness (QED) is 0.517. The van der Waals surface area contributed by atoms with Crippen LogP contribution in [0.2, 0.25) is 0 Å². The van der Waals surface area contributed by atoms with Crippen LogP contribution in [0.4, 0.5) is 0 Å². The van der Waals surface area contributed by atoms with Crippen LogP contribution in [0, 0.1) is 11.8 Å². The van der Waals surface area contributed by atoms with Gasteiger partial charge < -0.3 is 10.1 Å². The molecule has 2 heteroatoms. The number of ether oxygens (including phenoxy) is 1. The van der Waals surface area contributed by atoms with Gasteiger partial charge in [0.1, 0.15) is 0 Å². The second-order valence-electron chi connectivity index (χ2n) is 5.60. The van der Waals surface area contributed by atoms with Crippen LogP contribution in [0.15, 0.2) is 12.7 Å². The minimum Gasteiger partial charge on any atom is -0.380 e. The molecular formula is C15H27NO. The van der Waals surface area contributed by atoms with Crippen LogP contribution in [0.25, 0.3) is 0 Å². The fourth-order valence-corrected chi connectivity index (χ4v) is 3.01. The Kier molecular flexibility index (Phi) is 5.53. The van der Waals surface area contributed by atoms with Crippen molar-refractivity contribution in [2.45, 2.75) is 51.0 Å². The standard InChI is InChI=1S/C15H27NO/c1-2-3-10-17-11-9-16-15-6-4-5-14(12-15)13-7-8-13/h2,13-16H,1,3-12H2. The first kappa shape index (κ1) is 13.1. The van der Waals surface area contributed by atoms with Crippen LogP contribution < -0.4 is 5.32 Å². The molecule has 17 heavy (non-hydrogen) atoms. The topological polar surface area (TPSA) is 21.3 Å². The van der Waals surface area contributed by atoms with E-state index in [-0.39, 0.29) is 0 Å². The molecule has 2 rings (SSSR count). The molecule has 2 aliphatic rings. The molecule has 98 valence electrons. The Labute approximate surface area is 106 Å². The molecule has 1 N–H and O–H groups in total. The van der Waals surface area contributed by atoms with E-state index in [0.29, 0.717) is 0 Å². The van der Waals surface area contributed by atoms with Crippen LogP contribution in [-0.4, -0.2) is 25.8 Å². The first-order chi connectivity index (χ1) is 8.40. The van der Waals surface area contributed by atoms with E-state index in [1.165, 1.54) is 38.5 Å². The van der Waals surface area contributed by atoms with Crippen molar-refractivity contribution >= 4 is 0 Å². The zero-order valence-corrected chi connectivity index (χ0v) is 11.0. The van der Waals surface area contributed by atoms with Gasteiger partial charge in [0.15, 0.2) is 0 Å². The van der Waals surface area contributed by atoms with Crippen molar-refractivity contribution in [3.63, 3.8) is 0 Å². The largest absolute Gasteiger partial charge is 0.380 e. The van der Waals surface area contributed by atoms with E-state index in [9.17, 15) is 0 Å². The van der Waals surface area contributed by atoms with E-state index >= 15 is 0 Å². The van der Waals surface area contributed by atoms with E-state index in [0.717, 1.165) is 44.1 Å². The average Bonchev–Trinajstić information content (AvgIpc) is 3.18. The first-order valence-corrected chi connectivity index (χ1v) is 7.32. The highest BCUT2D eigenvalue weighted by Crippen LogP contribution is 2.43. The summed E-state index contributed by atoms with van der Waals surface area (Å²) in [5.74, 6) is 2.12. The second kappa shape index (κ2) is 7.17. The highest BCUT2D eigenvalue weighted by Gasteiger charge is 2.34. The molecule has 0 spiro atoms. The fraction of sp³-hybridized carbons (Fsp3) is 0.867. The van der Waals surface area contributed by atoms with Crippen molar-refractivity contribution in [1.29, 1.82) is 0 Å². The predicted molar refractivity (Wildman–Crippen MR) is 72.1 cm³/mol. The van der Waals surface area contributed by atoms with E-state index in [1.54, 1.807) is 0 Å². The second-order valence-corrected chi connectivity index (χ2v) is 5.60. The summed E-state index contributed by atoms with van der Waals surface area (Å²) >= 11 is 0. The van der Waals surface area contributed by atoms with Gasteiger partial charge in [-0.15, -0.1) is 6.58 Å². The smallest absolute Gasteiger partial charge is 0.0591 e. The van der Waals surface area contributed by atoms with Gasteiger partial charge in [0.05, 0.1) is 13.2 Å². The third-order valence-corrected chi connectivity index (χ3v) is 4.15. The van der Waals surface area contributed by atoms with E-state index < -0.39 is 0 Å². The van der Waals surface area contributed by atoms with Crippen molar-refractivity contribution in [2.75, 3.05) is 19.8 Å². The monoisotopic (exact) mass is 237 g/mol. The van der Waals surface area contributed by atoms with Crippen molar-refractivity contribution in [1.82, 2.24) is 5.32 Å². The summed E-state index contributed by atoms with van der Waals surface area (Å²) in [6.07, 6.45) is 11.6. The van der Waals surface area contributed by atoms with Crippen LogP contribution in [0.1, 0.15) is 44.9 Å². The number of nitrogens with one attached hydrogen (secondary N) is 1. The summed E-state index contributed by atoms with van der Waals surface area (Å²) in [5.41, 5.74) is 0. The lowest BCUT2D eigenvalue weighted by atomic mass is 9.83. The van der Waals surface area contributed by atoms with Crippen LogP contribution in [0.5, 0.6) is 0 Å². The zero-order chi connectivity index (χ0) is 11.9. The van der Waals surface area contributed by atoms with Gasteiger partial charge in [0.2, 0.25) is 0 Å². The third-order valence-electron chi connectivity index (χ3n) is 4.15. The molecule has 0 radical (unpaired) electrons. The van der Waals surface area contributed by atoms with Gasteiger partial charge in [0.25, 0.3) is 0 Å². The molecule has 0 aromatic heterocycles. The summed E-state index contributed by atoms with van der Waals surface area (Å²) in [6, 6.07) is 0.761. The molecule has 0 aromatic carbocycles. The molecule has 0 bridgehead atoms.